The van der Waals surface area contributed by atoms with Crippen LogP contribution in [0.25, 0.3) is 0 Å². The van der Waals surface area contributed by atoms with Gasteiger partial charge in [-0.05, 0) is 13.3 Å². The first-order chi connectivity index (χ1) is 17.3. The molecule has 2 aliphatic heterocycles. The highest BCUT2D eigenvalue weighted by molar-refractivity contribution is 5.86. The van der Waals surface area contributed by atoms with Crippen LogP contribution in [-0.2, 0) is 52.3 Å². The second-order valence-corrected chi connectivity index (χ2v) is 9.81. The van der Waals surface area contributed by atoms with Crippen LogP contribution in [0.4, 0.5) is 0 Å². The van der Waals surface area contributed by atoms with E-state index < -0.39 is 60.9 Å². The van der Waals surface area contributed by atoms with Crippen LogP contribution in [0.3, 0.4) is 0 Å². The van der Waals surface area contributed by atoms with Crippen molar-refractivity contribution in [2.45, 2.75) is 105 Å². The van der Waals surface area contributed by atoms with Gasteiger partial charge in [-0.15, -0.1) is 0 Å². The third-order valence-corrected chi connectivity index (χ3v) is 6.76. The van der Waals surface area contributed by atoms with Crippen LogP contribution < -0.4 is 0 Å². The van der Waals surface area contributed by atoms with Gasteiger partial charge in [0.15, 0.2) is 12.4 Å². The number of hydrogen-bond acceptors (Lipinski definition) is 11. The molecule has 10 atom stereocenters. The average Bonchev–Trinajstić information content (AvgIpc) is 2.80. The normalized spacial score (nSPS) is 35.7. The summed E-state index contributed by atoms with van der Waals surface area (Å²) in [5, 5.41) is 0. The summed E-state index contributed by atoms with van der Waals surface area (Å²) in [7, 11) is 0. The van der Waals surface area contributed by atoms with E-state index in [-0.39, 0.29) is 36.0 Å². The SMILES string of the molecule is C=C(C)C(=O)OC[C@H]1O[C@H](O[C@H]2O[C@H](CC)[C@@H](C)[C@H](OC(C)=O)[C@H]2OC(C)=O)[C@H](C)[C@@H](C)[C@@H]1OC(C)=O. The Kier molecular flexibility index (Phi) is 11.1. The maximum atomic E-state index is 12.0. The fourth-order valence-corrected chi connectivity index (χ4v) is 4.63. The van der Waals surface area contributed by atoms with E-state index >= 15 is 0 Å². The Balaban J connectivity index is 2.33. The van der Waals surface area contributed by atoms with Crippen LogP contribution in [0.15, 0.2) is 12.2 Å². The van der Waals surface area contributed by atoms with Gasteiger partial charge in [0, 0.05) is 44.1 Å². The molecule has 0 aromatic rings. The molecule has 0 aromatic carbocycles. The molecule has 0 radical (unpaired) electrons. The van der Waals surface area contributed by atoms with Gasteiger partial charge in [0.2, 0.25) is 6.29 Å². The minimum atomic E-state index is -1.11. The van der Waals surface area contributed by atoms with Crippen molar-refractivity contribution in [3.8, 4) is 0 Å². The zero-order valence-electron chi connectivity index (χ0n) is 22.9. The standard InChI is InChI=1S/C26H40O11/c1-10-19-15(6)22(33-17(8)28)23(34-18(9)29)26(35-19)37-25-14(5)13(4)21(32-16(7)27)20(36-25)11-31-24(30)12(2)3/h13-15,19-23,25-26H,2,10-11H2,1,3-9H3/t13-,14-,15-,19-,20-,21+,22+,23-,25-,26-/m1/s1. The van der Waals surface area contributed by atoms with Crippen LogP contribution >= 0.6 is 0 Å². The highest BCUT2D eigenvalue weighted by Crippen LogP contribution is 2.38. The van der Waals surface area contributed by atoms with Gasteiger partial charge >= 0.3 is 23.9 Å². The molecule has 2 aliphatic rings. The molecule has 11 nitrogen and oxygen atoms in total. The Bertz CT molecular complexity index is 855. The number of rotatable bonds is 9. The summed E-state index contributed by atoms with van der Waals surface area (Å²) in [6.07, 6.45) is -5.18. The maximum absolute atomic E-state index is 12.0. The monoisotopic (exact) mass is 528 g/mol. The highest BCUT2D eigenvalue weighted by Gasteiger charge is 2.51. The first-order valence-corrected chi connectivity index (χ1v) is 12.6. The van der Waals surface area contributed by atoms with Crippen LogP contribution in [0, 0.1) is 17.8 Å². The van der Waals surface area contributed by atoms with Crippen molar-refractivity contribution in [2.75, 3.05) is 6.61 Å². The third-order valence-electron chi connectivity index (χ3n) is 6.76. The molecule has 0 aliphatic carbocycles. The molecular formula is C26H40O11. The molecule has 2 fully saturated rings. The fraction of sp³-hybridized carbons (Fsp3) is 0.769. The summed E-state index contributed by atoms with van der Waals surface area (Å²) in [4.78, 5) is 47.6. The van der Waals surface area contributed by atoms with Crippen LogP contribution in [-0.4, -0.2) is 73.6 Å². The van der Waals surface area contributed by atoms with Crippen molar-refractivity contribution in [1.29, 1.82) is 0 Å². The van der Waals surface area contributed by atoms with Gasteiger partial charge in [-0.3, -0.25) is 14.4 Å². The lowest BCUT2D eigenvalue weighted by atomic mass is 9.84. The van der Waals surface area contributed by atoms with E-state index in [0.29, 0.717) is 6.42 Å². The van der Waals surface area contributed by atoms with Gasteiger partial charge in [0.1, 0.15) is 24.9 Å². The predicted molar refractivity (Wildman–Crippen MR) is 129 cm³/mol. The third kappa shape index (κ3) is 7.99. The van der Waals surface area contributed by atoms with Crippen LogP contribution in [0.1, 0.15) is 61.8 Å². The first-order valence-electron chi connectivity index (χ1n) is 12.6. The summed E-state index contributed by atoms with van der Waals surface area (Å²) in [6.45, 7) is 16.2. The fourth-order valence-electron chi connectivity index (χ4n) is 4.63. The number of carbonyl (C=O) groups excluding carboxylic acids is 4. The first kappa shape index (κ1) is 30.7. The zero-order valence-corrected chi connectivity index (χ0v) is 22.9. The summed E-state index contributed by atoms with van der Waals surface area (Å²) < 4.78 is 40.4. The zero-order chi connectivity index (χ0) is 28.0. The maximum Gasteiger partial charge on any atom is 0.333 e. The molecule has 0 spiro atoms. The van der Waals surface area contributed by atoms with Crippen molar-refractivity contribution < 1.29 is 52.3 Å². The molecule has 0 N–H and O–H groups in total. The van der Waals surface area contributed by atoms with Gasteiger partial charge in [-0.2, -0.15) is 0 Å². The van der Waals surface area contributed by atoms with Gasteiger partial charge in [0.25, 0.3) is 0 Å². The number of hydrogen-bond donors (Lipinski definition) is 0. The topological polar surface area (TPSA) is 133 Å². The molecule has 37 heavy (non-hydrogen) atoms. The molecule has 210 valence electrons. The molecule has 11 heteroatoms. The minimum absolute atomic E-state index is 0.204. The largest absolute Gasteiger partial charge is 0.459 e. The lowest BCUT2D eigenvalue weighted by Gasteiger charge is -2.48. The van der Waals surface area contributed by atoms with E-state index in [2.05, 4.69) is 6.58 Å². The summed E-state index contributed by atoms with van der Waals surface area (Å²) >= 11 is 0. The molecule has 2 saturated heterocycles. The molecule has 0 amide bonds. The van der Waals surface area contributed by atoms with E-state index in [0.717, 1.165) is 0 Å². The molecule has 2 heterocycles. The van der Waals surface area contributed by atoms with Gasteiger partial charge < -0.3 is 33.2 Å². The molecule has 0 unspecified atom stereocenters. The van der Waals surface area contributed by atoms with Crippen molar-refractivity contribution in [1.82, 2.24) is 0 Å². The minimum Gasteiger partial charge on any atom is -0.459 e. The number of ether oxygens (including phenoxy) is 7. The lowest BCUT2D eigenvalue weighted by Crippen LogP contribution is -2.60. The smallest absolute Gasteiger partial charge is 0.333 e. The Labute approximate surface area is 218 Å². The summed E-state index contributed by atoms with van der Waals surface area (Å²) in [6, 6.07) is 0. The Hall–Kier alpha value is -2.50. The van der Waals surface area contributed by atoms with Crippen molar-refractivity contribution >= 4 is 23.9 Å². The molecule has 2 rings (SSSR count). The lowest BCUT2D eigenvalue weighted by molar-refractivity contribution is -0.360. The second kappa shape index (κ2) is 13.3. The highest BCUT2D eigenvalue weighted by atomic mass is 16.8. The molecular weight excluding hydrogens is 488 g/mol. The van der Waals surface area contributed by atoms with Gasteiger partial charge in [0.05, 0.1) is 6.10 Å². The number of esters is 4. The summed E-state index contributed by atoms with van der Waals surface area (Å²) in [5.74, 6) is -3.08. The van der Waals surface area contributed by atoms with Crippen molar-refractivity contribution in [3.63, 3.8) is 0 Å². The van der Waals surface area contributed by atoms with Crippen molar-refractivity contribution in [3.05, 3.63) is 12.2 Å². The Morgan fingerprint density at radius 2 is 1.22 bits per heavy atom. The van der Waals surface area contributed by atoms with E-state index in [4.69, 9.17) is 33.2 Å². The predicted octanol–water partition coefficient (Wildman–Crippen LogP) is 2.69. The molecule has 0 aromatic heterocycles. The van der Waals surface area contributed by atoms with E-state index in [1.165, 1.54) is 27.7 Å². The van der Waals surface area contributed by atoms with E-state index in [1.807, 2.05) is 27.7 Å². The van der Waals surface area contributed by atoms with E-state index in [1.54, 1.807) is 0 Å². The van der Waals surface area contributed by atoms with Crippen LogP contribution in [0.2, 0.25) is 0 Å². The van der Waals surface area contributed by atoms with Crippen LogP contribution in [0.5, 0.6) is 0 Å². The number of carbonyl (C=O) groups is 4. The van der Waals surface area contributed by atoms with Crippen molar-refractivity contribution in [2.24, 2.45) is 17.8 Å². The summed E-state index contributed by atoms with van der Waals surface area (Å²) in [5.41, 5.74) is 0.213. The second-order valence-electron chi connectivity index (χ2n) is 9.81. The van der Waals surface area contributed by atoms with Gasteiger partial charge in [-0.1, -0.05) is 34.3 Å². The molecule has 0 bridgehead atoms. The Morgan fingerprint density at radius 1 is 0.703 bits per heavy atom. The quantitative estimate of drug-likeness (QED) is 0.248. The average molecular weight is 529 g/mol. The van der Waals surface area contributed by atoms with Gasteiger partial charge in [-0.25, -0.2) is 4.79 Å². The molecule has 0 saturated carbocycles. The van der Waals surface area contributed by atoms with E-state index in [9.17, 15) is 19.2 Å². The Morgan fingerprint density at radius 3 is 1.73 bits per heavy atom.